The summed E-state index contributed by atoms with van der Waals surface area (Å²) in [5.74, 6) is -0.407. The van der Waals surface area contributed by atoms with E-state index in [2.05, 4.69) is 10.3 Å². The molecule has 0 radical (unpaired) electrons. The molecule has 0 aliphatic carbocycles. The van der Waals surface area contributed by atoms with Gasteiger partial charge in [-0.15, -0.1) is 11.3 Å². The summed E-state index contributed by atoms with van der Waals surface area (Å²) >= 11 is 10.1. The lowest BCUT2D eigenvalue weighted by atomic mass is 10.1. The highest BCUT2D eigenvalue weighted by Gasteiger charge is 2.26. The van der Waals surface area contributed by atoms with Gasteiger partial charge >= 0.3 is 0 Å². The predicted octanol–water partition coefficient (Wildman–Crippen LogP) is 8.59. The second-order valence-corrected chi connectivity index (χ2v) is 12.4. The van der Waals surface area contributed by atoms with Crippen LogP contribution in [0.3, 0.4) is 0 Å². The molecule has 0 fully saturated rings. The molecule has 0 saturated heterocycles. The Morgan fingerprint density at radius 2 is 1.82 bits per heavy atom. The molecular formula is C29H16ClN3O4S3. The van der Waals surface area contributed by atoms with Crippen molar-refractivity contribution in [2.45, 2.75) is 14.1 Å². The normalized spacial score (nSPS) is 13.5. The van der Waals surface area contributed by atoms with E-state index in [1.165, 1.54) is 40.9 Å². The number of anilines is 1. The quantitative estimate of drug-likeness (QED) is 0.118. The molecule has 1 aromatic heterocycles. The molecule has 40 heavy (non-hydrogen) atoms. The molecule has 0 unspecified atom stereocenters. The standard InChI is InChI=1S/C29H16ClN3O4S3/c30-20-7-3-1-5-18(20)28(35)31-17-10-11-21-25(15-17)40-29(32-21)39-24-12-9-16(13-22(24)33(36)37)14-26-27(34)19-6-2-4-8-23(19)38-26/h1-15H,(H,31,35)/b26-14-. The fraction of sp³-hybridized carbons (Fsp3) is 0. The summed E-state index contributed by atoms with van der Waals surface area (Å²) in [7, 11) is 0. The highest BCUT2D eigenvalue weighted by molar-refractivity contribution is 8.05. The minimum Gasteiger partial charge on any atom is -0.322 e. The SMILES string of the molecule is O=C(Nc1ccc2nc(Sc3ccc(/C=C4\Sc5ccccc5C4=O)cc3[N+](=O)[O-])sc2c1)c1ccccc1Cl. The van der Waals surface area contributed by atoms with Gasteiger partial charge in [0.05, 0.1) is 35.5 Å². The van der Waals surface area contributed by atoms with E-state index < -0.39 is 4.92 Å². The first-order chi connectivity index (χ1) is 19.4. The number of hydrogen-bond acceptors (Lipinski definition) is 8. The zero-order valence-corrected chi connectivity index (χ0v) is 23.5. The molecule has 1 aliphatic heterocycles. The van der Waals surface area contributed by atoms with Crippen LogP contribution in [0.1, 0.15) is 26.3 Å². The lowest BCUT2D eigenvalue weighted by molar-refractivity contribution is -0.387. The number of aromatic nitrogens is 1. The second kappa shape index (κ2) is 10.9. The molecule has 6 rings (SSSR count). The molecule has 1 amide bonds. The van der Waals surface area contributed by atoms with Crippen LogP contribution in [0, 0.1) is 10.1 Å². The highest BCUT2D eigenvalue weighted by atomic mass is 35.5. The summed E-state index contributed by atoms with van der Waals surface area (Å²) in [5.41, 5.74) is 2.81. The zero-order chi connectivity index (χ0) is 27.8. The van der Waals surface area contributed by atoms with Gasteiger partial charge in [0.2, 0.25) is 5.78 Å². The maximum Gasteiger partial charge on any atom is 0.283 e. The van der Waals surface area contributed by atoms with Crippen molar-refractivity contribution in [2.75, 3.05) is 5.32 Å². The van der Waals surface area contributed by atoms with Crippen LogP contribution >= 0.6 is 46.5 Å². The lowest BCUT2D eigenvalue weighted by Gasteiger charge is -2.06. The molecule has 11 heteroatoms. The maximum absolute atomic E-state index is 12.7. The van der Waals surface area contributed by atoms with Crippen LogP contribution < -0.4 is 5.32 Å². The van der Waals surface area contributed by atoms with Crippen molar-refractivity contribution in [2.24, 2.45) is 0 Å². The zero-order valence-electron chi connectivity index (χ0n) is 20.3. The van der Waals surface area contributed by atoms with Crippen molar-refractivity contribution in [1.29, 1.82) is 0 Å². The fourth-order valence-electron chi connectivity index (χ4n) is 4.10. The number of nitro benzene ring substituents is 1. The Morgan fingerprint density at radius 3 is 2.62 bits per heavy atom. The number of fused-ring (bicyclic) bond motifs is 2. The van der Waals surface area contributed by atoms with E-state index in [1.54, 1.807) is 60.7 Å². The third-order valence-corrected chi connectivity index (χ3v) is 9.57. The summed E-state index contributed by atoms with van der Waals surface area (Å²) in [4.78, 5) is 43.3. The third-order valence-electron chi connectivity index (χ3n) is 6.00. The Kier molecular flexibility index (Phi) is 7.16. The largest absolute Gasteiger partial charge is 0.322 e. The number of benzene rings is 4. The van der Waals surface area contributed by atoms with Gasteiger partial charge in [0.25, 0.3) is 11.6 Å². The molecule has 0 bridgehead atoms. The van der Waals surface area contributed by atoms with Crippen molar-refractivity contribution >= 4 is 85.8 Å². The van der Waals surface area contributed by atoms with Gasteiger partial charge in [-0.1, -0.05) is 65.5 Å². The highest BCUT2D eigenvalue weighted by Crippen LogP contribution is 2.42. The molecule has 5 aromatic rings. The van der Waals surface area contributed by atoms with E-state index in [0.29, 0.717) is 47.1 Å². The number of ketones is 1. The monoisotopic (exact) mass is 601 g/mol. The van der Waals surface area contributed by atoms with Gasteiger partial charge in [0.15, 0.2) is 4.34 Å². The molecule has 4 aromatic carbocycles. The van der Waals surface area contributed by atoms with E-state index in [1.807, 2.05) is 24.3 Å². The predicted molar refractivity (Wildman–Crippen MR) is 161 cm³/mol. The molecule has 0 atom stereocenters. The maximum atomic E-state index is 12.7. The average molecular weight is 602 g/mol. The van der Waals surface area contributed by atoms with Gasteiger partial charge < -0.3 is 5.32 Å². The van der Waals surface area contributed by atoms with Crippen LogP contribution in [-0.4, -0.2) is 21.6 Å². The van der Waals surface area contributed by atoms with Gasteiger partial charge in [-0.25, -0.2) is 4.98 Å². The number of rotatable bonds is 6. The van der Waals surface area contributed by atoms with Crippen molar-refractivity contribution in [3.05, 3.63) is 122 Å². The number of amides is 1. The molecule has 0 saturated carbocycles. The first-order valence-corrected chi connectivity index (χ1v) is 14.6. The van der Waals surface area contributed by atoms with E-state index in [4.69, 9.17) is 11.6 Å². The number of hydrogen-bond donors (Lipinski definition) is 1. The lowest BCUT2D eigenvalue weighted by Crippen LogP contribution is -2.12. The molecule has 0 spiro atoms. The minimum absolute atomic E-state index is 0.0701. The Morgan fingerprint density at radius 1 is 1.02 bits per heavy atom. The number of allylic oxidation sites excluding steroid dienone is 1. The van der Waals surface area contributed by atoms with Crippen molar-refractivity contribution in [1.82, 2.24) is 4.98 Å². The Hall–Kier alpha value is -3.96. The Bertz CT molecular complexity index is 1890. The van der Waals surface area contributed by atoms with Crippen molar-refractivity contribution in [3.8, 4) is 0 Å². The summed E-state index contributed by atoms with van der Waals surface area (Å²) in [6.07, 6.45) is 1.69. The first-order valence-electron chi connectivity index (χ1n) is 11.8. The van der Waals surface area contributed by atoms with Crippen LogP contribution in [0.4, 0.5) is 11.4 Å². The molecule has 196 valence electrons. The first kappa shape index (κ1) is 26.3. The Balaban J connectivity index is 1.23. The van der Waals surface area contributed by atoms with Crippen molar-refractivity contribution in [3.63, 3.8) is 0 Å². The average Bonchev–Trinajstić information content (AvgIpc) is 3.49. The van der Waals surface area contributed by atoms with Gasteiger partial charge in [-0.3, -0.25) is 19.7 Å². The van der Waals surface area contributed by atoms with Crippen molar-refractivity contribution < 1.29 is 14.5 Å². The van der Waals surface area contributed by atoms with Gasteiger partial charge in [0.1, 0.15) is 0 Å². The number of carbonyl (C=O) groups excluding carboxylic acids is 2. The van der Waals surface area contributed by atoms with Gasteiger partial charge in [-0.2, -0.15) is 0 Å². The Labute approximate surface area is 245 Å². The van der Waals surface area contributed by atoms with Crippen LogP contribution in [0.5, 0.6) is 0 Å². The second-order valence-electron chi connectivity index (χ2n) is 8.62. The van der Waals surface area contributed by atoms with E-state index in [9.17, 15) is 19.7 Å². The number of halogens is 1. The smallest absolute Gasteiger partial charge is 0.283 e. The summed E-state index contributed by atoms with van der Waals surface area (Å²) in [6.45, 7) is 0. The van der Waals surface area contributed by atoms with Crippen LogP contribution in [-0.2, 0) is 0 Å². The van der Waals surface area contributed by atoms with Gasteiger partial charge in [0, 0.05) is 22.2 Å². The van der Waals surface area contributed by atoms with Gasteiger partial charge in [-0.05, 0) is 60.2 Å². The fourth-order valence-corrected chi connectivity index (χ4v) is 7.52. The number of carbonyl (C=O) groups is 2. The van der Waals surface area contributed by atoms with Crippen LogP contribution in [0.25, 0.3) is 16.3 Å². The molecule has 1 N–H and O–H groups in total. The summed E-state index contributed by atoms with van der Waals surface area (Å²) in [5, 5.41) is 15.1. The number of thiazole rings is 1. The molecule has 7 nitrogen and oxygen atoms in total. The third kappa shape index (κ3) is 5.26. The molecule has 2 heterocycles. The number of thioether (sulfide) groups is 1. The number of nitro groups is 1. The summed E-state index contributed by atoms with van der Waals surface area (Å²) in [6, 6.07) is 24.4. The molecule has 1 aliphatic rings. The van der Waals surface area contributed by atoms with E-state index >= 15 is 0 Å². The molecular weight excluding hydrogens is 586 g/mol. The topological polar surface area (TPSA) is 102 Å². The summed E-state index contributed by atoms with van der Waals surface area (Å²) < 4.78 is 1.44. The number of nitrogens with zero attached hydrogens (tertiary/aromatic N) is 2. The van der Waals surface area contributed by atoms with Crippen LogP contribution in [0.15, 0.2) is 104 Å². The van der Waals surface area contributed by atoms with Crippen LogP contribution in [0.2, 0.25) is 5.02 Å². The minimum atomic E-state index is -0.432. The van der Waals surface area contributed by atoms with E-state index in [-0.39, 0.29) is 17.4 Å². The number of Topliss-reactive ketones (excluding diaryl/α,β-unsaturated/α-hetero) is 1. The van der Waals surface area contributed by atoms with E-state index in [0.717, 1.165) is 9.60 Å². The number of nitrogens with one attached hydrogen (secondary N) is 1.